The van der Waals surface area contributed by atoms with Gasteiger partial charge in [-0.2, -0.15) is 5.10 Å². The summed E-state index contributed by atoms with van der Waals surface area (Å²) in [5.41, 5.74) is 2.96. The summed E-state index contributed by atoms with van der Waals surface area (Å²) in [6, 6.07) is 11.3. The number of carbonyl (C=O) groups excluding carboxylic acids is 1. The quantitative estimate of drug-likeness (QED) is 0.170. The molecule has 0 radical (unpaired) electrons. The zero-order valence-electron chi connectivity index (χ0n) is 22.4. The highest BCUT2D eigenvalue weighted by molar-refractivity contribution is 7.99. The van der Waals surface area contributed by atoms with Gasteiger partial charge in [-0.15, -0.1) is 5.10 Å². The summed E-state index contributed by atoms with van der Waals surface area (Å²) in [7, 11) is -2.99. The van der Waals surface area contributed by atoms with Crippen molar-refractivity contribution in [3.05, 3.63) is 48.3 Å². The van der Waals surface area contributed by atoms with Gasteiger partial charge in [0.2, 0.25) is 11.1 Å². The van der Waals surface area contributed by atoms with E-state index < -0.39 is 16.1 Å². The first-order valence-electron chi connectivity index (χ1n) is 13.3. The van der Waals surface area contributed by atoms with Crippen LogP contribution in [0, 0.1) is 12.8 Å². The molecule has 6 rings (SSSR count). The van der Waals surface area contributed by atoms with Crippen molar-refractivity contribution < 1.29 is 18.3 Å². The van der Waals surface area contributed by atoms with Gasteiger partial charge >= 0.3 is 0 Å². The molecule has 15 heteroatoms. The van der Waals surface area contributed by atoms with E-state index >= 15 is 0 Å². The third kappa shape index (κ3) is 6.98. The predicted octanol–water partition coefficient (Wildman–Crippen LogP) is 2.46. The average Bonchev–Trinajstić information content (AvgIpc) is 3.59. The third-order valence-corrected chi connectivity index (χ3v) is 9.35. The first-order valence-corrected chi connectivity index (χ1v) is 16.0. The minimum absolute atomic E-state index is 0.0644. The topological polar surface area (TPSA) is 170 Å². The standard InChI is InChI=1S/C26H31N9O4S2/c1-16-12-22(32-31-16)29-24-21-13-19(27-23(36)15-34-8-10-41(38,39)11-9-34)14-35(21)33-26(30-24)40-20-6-4-18(5-7-20)28-25(37)17-2-3-17/h4-7,12-14,17,23,27,36H,2-3,8-11,15H2,1H3,(H,28,37)(H2,29,30,31,32,33). The second-order valence-electron chi connectivity index (χ2n) is 10.4. The molecule has 1 saturated heterocycles. The average molecular weight is 598 g/mol. The molecule has 0 bridgehead atoms. The van der Waals surface area contributed by atoms with Crippen molar-refractivity contribution in [3.63, 3.8) is 0 Å². The number of hydrogen-bond donors (Lipinski definition) is 5. The van der Waals surface area contributed by atoms with Crippen LogP contribution in [0.3, 0.4) is 0 Å². The molecule has 2 aliphatic rings. The number of aliphatic hydroxyl groups is 1. The molecule has 2 fully saturated rings. The number of anilines is 4. The number of aromatic amines is 1. The van der Waals surface area contributed by atoms with Gasteiger partial charge in [-0.25, -0.2) is 17.9 Å². The molecule has 5 N–H and O–H groups in total. The summed E-state index contributed by atoms with van der Waals surface area (Å²) >= 11 is 1.38. The predicted molar refractivity (Wildman–Crippen MR) is 156 cm³/mol. The number of H-pyrrole nitrogens is 1. The zero-order valence-corrected chi connectivity index (χ0v) is 24.0. The van der Waals surface area contributed by atoms with E-state index in [0.717, 1.165) is 29.1 Å². The Hall–Kier alpha value is -3.66. The summed E-state index contributed by atoms with van der Waals surface area (Å²) in [5, 5.41) is 32.3. The summed E-state index contributed by atoms with van der Waals surface area (Å²) in [5.74, 6) is 1.54. The number of nitrogens with one attached hydrogen (secondary N) is 4. The van der Waals surface area contributed by atoms with Crippen molar-refractivity contribution in [2.24, 2.45) is 5.92 Å². The minimum Gasteiger partial charge on any atom is -0.372 e. The smallest absolute Gasteiger partial charge is 0.227 e. The summed E-state index contributed by atoms with van der Waals surface area (Å²) in [6.07, 6.45) is 2.77. The van der Waals surface area contributed by atoms with Crippen LogP contribution in [0.4, 0.5) is 23.0 Å². The Morgan fingerprint density at radius 3 is 2.61 bits per heavy atom. The van der Waals surface area contributed by atoms with Gasteiger partial charge in [0.25, 0.3) is 0 Å². The maximum atomic E-state index is 12.1. The lowest BCUT2D eigenvalue weighted by Crippen LogP contribution is -2.45. The second kappa shape index (κ2) is 11.3. The van der Waals surface area contributed by atoms with Crippen LogP contribution in [-0.2, 0) is 14.6 Å². The zero-order chi connectivity index (χ0) is 28.6. The van der Waals surface area contributed by atoms with E-state index in [1.807, 2.05) is 48.2 Å². The number of benzene rings is 1. The molecule has 3 aromatic heterocycles. The van der Waals surface area contributed by atoms with Crippen LogP contribution < -0.4 is 16.0 Å². The number of aryl methyl sites for hydroxylation is 1. The van der Waals surface area contributed by atoms with E-state index in [1.54, 1.807) is 10.7 Å². The second-order valence-corrected chi connectivity index (χ2v) is 13.7. The molecular weight excluding hydrogens is 566 g/mol. The normalized spacial score (nSPS) is 17.8. The van der Waals surface area contributed by atoms with E-state index in [4.69, 9.17) is 4.98 Å². The number of β-amino-alcohol motifs (C(OH)–C–C–N with tert-alkyl or cyclic N) is 1. The van der Waals surface area contributed by atoms with Crippen molar-refractivity contribution in [2.45, 2.75) is 36.0 Å². The van der Waals surface area contributed by atoms with Crippen molar-refractivity contribution in [1.29, 1.82) is 0 Å². The van der Waals surface area contributed by atoms with Gasteiger partial charge in [-0.1, -0.05) is 0 Å². The first kappa shape index (κ1) is 27.5. The molecule has 1 aliphatic heterocycles. The van der Waals surface area contributed by atoms with Crippen molar-refractivity contribution in [3.8, 4) is 0 Å². The monoisotopic (exact) mass is 597 g/mol. The van der Waals surface area contributed by atoms with Gasteiger partial charge in [0.1, 0.15) is 11.7 Å². The Labute approximate surface area is 241 Å². The van der Waals surface area contributed by atoms with Crippen molar-refractivity contribution in [2.75, 3.05) is 47.1 Å². The summed E-state index contributed by atoms with van der Waals surface area (Å²) < 4.78 is 25.1. The summed E-state index contributed by atoms with van der Waals surface area (Å²) in [6.45, 7) is 3.00. The number of fused-ring (bicyclic) bond motifs is 1. The maximum Gasteiger partial charge on any atom is 0.227 e. The van der Waals surface area contributed by atoms with Crippen LogP contribution in [0.25, 0.3) is 5.52 Å². The van der Waals surface area contributed by atoms with Gasteiger partial charge in [0, 0.05) is 47.9 Å². The summed E-state index contributed by atoms with van der Waals surface area (Å²) in [4.78, 5) is 19.6. The van der Waals surface area contributed by atoms with Crippen LogP contribution in [-0.4, -0.2) is 86.5 Å². The molecule has 216 valence electrons. The Morgan fingerprint density at radius 1 is 1.17 bits per heavy atom. The van der Waals surface area contributed by atoms with Crippen LogP contribution >= 0.6 is 11.8 Å². The fraction of sp³-hybridized carbons (Fsp3) is 0.385. The highest BCUT2D eigenvalue weighted by Crippen LogP contribution is 2.32. The molecule has 41 heavy (non-hydrogen) atoms. The van der Waals surface area contributed by atoms with Gasteiger partial charge in [-0.05, 0) is 61.9 Å². The van der Waals surface area contributed by atoms with E-state index in [2.05, 4.69) is 31.2 Å². The Bertz CT molecular complexity index is 1650. The van der Waals surface area contributed by atoms with Gasteiger partial charge in [0.05, 0.1) is 23.4 Å². The highest BCUT2D eigenvalue weighted by Gasteiger charge is 2.29. The number of rotatable bonds is 10. The van der Waals surface area contributed by atoms with Gasteiger partial charge in [-0.3, -0.25) is 14.8 Å². The number of aliphatic hydroxyl groups excluding tert-OH is 1. The first-order chi connectivity index (χ1) is 19.7. The fourth-order valence-corrected chi connectivity index (χ4v) is 6.54. The van der Waals surface area contributed by atoms with Crippen LogP contribution in [0.5, 0.6) is 0 Å². The largest absolute Gasteiger partial charge is 0.372 e. The van der Waals surface area contributed by atoms with Crippen molar-refractivity contribution in [1.82, 2.24) is 29.7 Å². The molecule has 0 spiro atoms. The molecule has 1 unspecified atom stereocenters. The van der Waals surface area contributed by atoms with Crippen LogP contribution in [0.2, 0.25) is 0 Å². The number of sulfone groups is 1. The number of aromatic nitrogens is 5. The minimum atomic E-state index is -2.99. The Kier molecular flexibility index (Phi) is 7.59. The van der Waals surface area contributed by atoms with E-state index in [-0.39, 0.29) is 23.3 Å². The number of nitrogens with zero attached hydrogens (tertiary/aromatic N) is 5. The molecule has 13 nitrogen and oxygen atoms in total. The van der Waals surface area contributed by atoms with Gasteiger partial charge < -0.3 is 21.1 Å². The Balaban J connectivity index is 1.20. The van der Waals surface area contributed by atoms with E-state index in [0.29, 0.717) is 47.6 Å². The lowest BCUT2D eigenvalue weighted by Gasteiger charge is -2.28. The fourth-order valence-electron chi connectivity index (χ4n) is 4.51. The van der Waals surface area contributed by atoms with E-state index in [1.165, 1.54) is 11.8 Å². The molecule has 1 aliphatic carbocycles. The lowest BCUT2D eigenvalue weighted by molar-refractivity contribution is -0.117. The van der Waals surface area contributed by atoms with Gasteiger partial charge in [0.15, 0.2) is 21.5 Å². The van der Waals surface area contributed by atoms with Crippen LogP contribution in [0.15, 0.2) is 52.6 Å². The van der Waals surface area contributed by atoms with Crippen LogP contribution in [0.1, 0.15) is 18.5 Å². The molecule has 1 saturated carbocycles. The van der Waals surface area contributed by atoms with Crippen molar-refractivity contribution >= 4 is 56.0 Å². The number of hydrogen-bond acceptors (Lipinski definition) is 11. The highest BCUT2D eigenvalue weighted by atomic mass is 32.2. The maximum absolute atomic E-state index is 12.1. The molecule has 4 heterocycles. The molecular formula is C26H31N9O4S2. The van der Waals surface area contributed by atoms with E-state index in [9.17, 15) is 18.3 Å². The third-order valence-electron chi connectivity index (χ3n) is 6.88. The molecule has 4 aromatic rings. The molecule has 1 amide bonds. The molecule has 1 atom stereocenters. The lowest BCUT2D eigenvalue weighted by atomic mass is 10.3. The number of amides is 1. The number of carbonyl (C=O) groups is 1. The SMILES string of the molecule is Cc1cc(Nc2nc(Sc3ccc(NC(=O)C4CC4)cc3)nn3cc(NC(O)CN4CCS(=O)(=O)CC4)cc23)n[nH]1. The molecule has 1 aromatic carbocycles. The Morgan fingerprint density at radius 2 is 1.93 bits per heavy atom.